The highest BCUT2D eigenvalue weighted by atomic mass is 16.1. The van der Waals surface area contributed by atoms with Gasteiger partial charge >= 0.3 is 0 Å². The summed E-state index contributed by atoms with van der Waals surface area (Å²) in [5.41, 5.74) is 2.83. The molecule has 0 saturated carbocycles. The van der Waals surface area contributed by atoms with Crippen LogP contribution in [-0.2, 0) is 0 Å². The number of ketones is 2. The molecule has 0 unspecified atom stereocenters. The number of para-hydroxylation sites is 2. The van der Waals surface area contributed by atoms with E-state index in [9.17, 15) is 9.59 Å². The zero-order valence-corrected chi connectivity index (χ0v) is 10.6. The summed E-state index contributed by atoms with van der Waals surface area (Å²) in [5.74, 6) is -0.311. The number of hydrogen-bond donors (Lipinski definition) is 0. The molecule has 4 nitrogen and oxygen atoms in total. The molecule has 2 aliphatic rings. The fourth-order valence-electron chi connectivity index (χ4n) is 2.71. The molecule has 0 bridgehead atoms. The minimum absolute atomic E-state index is 0.155. The molecule has 2 aliphatic carbocycles. The predicted molar refractivity (Wildman–Crippen MR) is 73.6 cm³/mol. The van der Waals surface area contributed by atoms with Crippen molar-refractivity contribution in [3.05, 3.63) is 59.0 Å². The summed E-state index contributed by atoms with van der Waals surface area (Å²) < 4.78 is 0. The van der Waals surface area contributed by atoms with Crippen LogP contribution in [0.3, 0.4) is 0 Å². The Bertz CT molecular complexity index is 778. The first-order valence-electron chi connectivity index (χ1n) is 6.49. The molecule has 0 atom stereocenters. The van der Waals surface area contributed by atoms with E-state index in [1.165, 1.54) is 0 Å². The lowest BCUT2D eigenvalue weighted by molar-refractivity contribution is 0.0963. The Kier molecular flexibility index (Phi) is 2.21. The van der Waals surface area contributed by atoms with Gasteiger partial charge in [0.2, 0.25) is 11.6 Å². The summed E-state index contributed by atoms with van der Waals surface area (Å²) in [6.45, 7) is 0. The molecule has 0 fully saturated rings. The highest BCUT2D eigenvalue weighted by Crippen LogP contribution is 2.31. The lowest BCUT2D eigenvalue weighted by atomic mass is 9.83. The molecule has 20 heavy (non-hydrogen) atoms. The van der Waals surface area contributed by atoms with Crippen molar-refractivity contribution >= 4 is 22.6 Å². The van der Waals surface area contributed by atoms with Gasteiger partial charge in [-0.1, -0.05) is 24.3 Å². The lowest BCUT2D eigenvalue weighted by Gasteiger charge is -2.20. The first-order valence-corrected chi connectivity index (χ1v) is 6.49. The van der Waals surface area contributed by atoms with Crippen molar-refractivity contribution in [2.45, 2.75) is 12.8 Å². The molecule has 4 rings (SSSR count). The quantitative estimate of drug-likeness (QED) is 0.685. The van der Waals surface area contributed by atoms with E-state index in [0.29, 0.717) is 35.0 Å². The lowest BCUT2D eigenvalue weighted by Crippen LogP contribution is -2.25. The molecule has 0 N–H and O–H groups in total. The number of hydrogen-bond acceptors (Lipinski definition) is 4. The van der Waals surface area contributed by atoms with Crippen LogP contribution in [0.25, 0.3) is 11.0 Å². The number of nitrogens with zero attached hydrogens (tertiary/aromatic N) is 2. The maximum Gasteiger partial charge on any atom is 0.210 e. The van der Waals surface area contributed by atoms with Crippen molar-refractivity contribution in [1.82, 2.24) is 9.97 Å². The van der Waals surface area contributed by atoms with E-state index in [2.05, 4.69) is 9.97 Å². The van der Waals surface area contributed by atoms with Gasteiger partial charge in [-0.15, -0.1) is 0 Å². The van der Waals surface area contributed by atoms with Gasteiger partial charge in [-0.2, -0.15) is 0 Å². The van der Waals surface area contributed by atoms with E-state index in [1.54, 1.807) is 12.1 Å². The Labute approximate surface area is 114 Å². The molecule has 2 aromatic rings. The Morgan fingerprint density at radius 2 is 1.20 bits per heavy atom. The average molecular weight is 262 g/mol. The predicted octanol–water partition coefficient (Wildman–Crippen LogP) is 2.66. The van der Waals surface area contributed by atoms with Gasteiger partial charge in [0.05, 0.1) is 11.0 Å². The number of aromatic nitrogens is 2. The van der Waals surface area contributed by atoms with Gasteiger partial charge in [0.15, 0.2) is 0 Å². The van der Waals surface area contributed by atoms with E-state index < -0.39 is 0 Å². The Morgan fingerprint density at radius 3 is 1.65 bits per heavy atom. The highest BCUT2D eigenvalue weighted by Gasteiger charge is 2.34. The number of Topliss-reactive ketones (excluding diaryl/α,β-unsaturated/α-hetero) is 2. The van der Waals surface area contributed by atoms with E-state index in [-0.39, 0.29) is 23.0 Å². The van der Waals surface area contributed by atoms with Gasteiger partial charge in [0.25, 0.3) is 0 Å². The van der Waals surface area contributed by atoms with Crippen LogP contribution < -0.4 is 0 Å². The number of carbonyl (C=O) groups is 2. The van der Waals surface area contributed by atoms with Crippen molar-refractivity contribution in [1.29, 1.82) is 0 Å². The third-order valence-corrected chi connectivity index (χ3v) is 3.72. The molecule has 1 heterocycles. The third kappa shape index (κ3) is 1.42. The van der Waals surface area contributed by atoms with Crippen molar-refractivity contribution in [2.75, 3.05) is 0 Å². The zero-order chi connectivity index (χ0) is 13.7. The summed E-state index contributed by atoms with van der Waals surface area (Å²) in [7, 11) is 0. The molecule has 0 saturated heterocycles. The van der Waals surface area contributed by atoms with Crippen LogP contribution in [0.5, 0.6) is 0 Å². The zero-order valence-electron chi connectivity index (χ0n) is 10.6. The Hall–Kier alpha value is -2.62. The van der Waals surface area contributed by atoms with Crippen LogP contribution in [0.2, 0.25) is 0 Å². The van der Waals surface area contributed by atoms with Gasteiger partial charge in [-0.3, -0.25) is 9.59 Å². The van der Waals surface area contributed by atoms with Crippen LogP contribution in [0.4, 0.5) is 0 Å². The average Bonchev–Trinajstić information content (AvgIpc) is 2.51. The number of benzene rings is 1. The summed E-state index contributed by atoms with van der Waals surface area (Å²) in [4.78, 5) is 33.7. The van der Waals surface area contributed by atoms with Gasteiger partial charge < -0.3 is 0 Å². The molecular weight excluding hydrogens is 252 g/mol. The van der Waals surface area contributed by atoms with Crippen LogP contribution in [0, 0.1) is 0 Å². The summed E-state index contributed by atoms with van der Waals surface area (Å²) >= 11 is 0. The van der Waals surface area contributed by atoms with Crippen LogP contribution in [0.1, 0.15) is 33.8 Å². The normalized spacial score (nSPS) is 17.4. The Morgan fingerprint density at radius 1 is 0.750 bits per heavy atom. The van der Waals surface area contributed by atoms with Crippen LogP contribution in [0.15, 0.2) is 47.6 Å². The van der Waals surface area contributed by atoms with Crippen molar-refractivity contribution in [3.8, 4) is 0 Å². The number of carbonyl (C=O) groups excluding carboxylic acids is 2. The van der Waals surface area contributed by atoms with Crippen LogP contribution in [-0.4, -0.2) is 21.5 Å². The SMILES string of the molecule is O=C1C2=C(CC=CC2)C(=O)c2nc3ccccc3nc21. The number of allylic oxidation sites excluding steroid dienone is 4. The molecule has 4 heteroatoms. The highest BCUT2D eigenvalue weighted by molar-refractivity contribution is 6.26. The first kappa shape index (κ1) is 11.2. The van der Waals surface area contributed by atoms with Crippen molar-refractivity contribution in [3.63, 3.8) is 0 Å². The van der Waals surface area contributed by atoms with E-state index >= 15 is 0 Å². The van der Waals surface area contributed by atoms with Crippen molar-refractivity contribution < 1.29 is 9.59 Å². The molecule has 1 aromatic heterocycles. The molecule has 0 amide bonds. The maximum atomic E-state index is 12.5. The minimum atomic E-state index is -0.155. The second kappa shape index (κ2) is 3.93. The summed E-state index contributed by atoms with van der Waals surface area (Å²) in [6.07, 6.45) is 4.86. The van der Waals surface area contributed by atoms with Crippen molar-refractivity contribution in [2.24, 2.45) is 0 Å². The minimum Gasteiger partial charge on any atom is -0.287 e. The molecular formula is C16H10N2O2. The molecule has 0 aliphatic heterocycles. The van der Waals surface area contributed by atoms with Crippen LogP contribution >= 0.6 is 0 Å². The van der Waals surface area contributed by atoms with Gasteiger partial charge in [-0.05, 0) is 25.0 Å². The monoisotopic (exact) mass is 262 g/mol. The fraction of sp³-hybridized carbons (Fsp3) is 0.125. The summed E-state index contributed by atoms with van der Waals surface area (Å²) in [5, 5.41) is 0. The number of rotatable bonds is 0. The smallest absolute Gasteiger partial charge is 0.210 e. The standard InChI is InChI=1S/C16H10N2O2/c19-15-9-5-1-2-6-10(9)16(20)14-13(15)17-11-7-3-4-8-12(11)18-14/h1-4,7-8H,5-6H2. The number of fused-ring (bicyclic) bond motifs is 2. The molecule has 0 radical (unpaired) electrons. The maximum absolute atomic E-state index is 12.5. The summed E-state index contributed by atoms with van der Waals surface area (Å²) in [6, 6.07) is 7.27. The van der Waals surface area contributed by atoms with Gasteiger partial charge in [0.1, 0.15) is 11.4 Å². The molecule has 1 aromatic carbocycles. The third-order valence-electron chi connectivity index (χ3n) is 3.72. The topological polar surface area (TPSA) is 59.9 Å². The molecule has 96 valence electrons. The van der Waals surface area contributed by atoms with Gasteiger partial charge in [-0.25, -0.2) is 9.97 Å². The second-order valence-electron chi connectivity index (χ2n) is 4.90. The van der Waals surface area contributed by atoms with Gasteiger partial charge in [0, 0.05) is 11.1 Å². The largest absolute Gasteiger partial charge is 0.287 e. The van der Waals surface area contributed by atoms with E-state index in [0.717, 1.165) is 0 Å². The van der Waals surface area contributed by atoms with E-state index in [4.69, 9.17) is 0 Å². The van der Waals surface area contributed by atoms with E-state index in [1.807, 2.05) is 24.3 Å². The fourth-order valence-corrected chi connectivity index (χ4v) is 2.71. The Balaban J connectivity index is 2.00. The second-order valence-corrected chi connectivity index (χ2v) is 4.90. The first-order chi connectivity index (χ1) is 9.75. The molecule has 0 spiro atoms.